The van der Waals surface area contributed by atoms with Crippen LogP contribution in [0.4, 0.5) is 0 Å². The van der Waals surface area contributed by atoms with Gasteiger partial charge in [-0.2, -0.15) is 0 Å². The largest absolute Gasteiger partial charge is 0.493 e. The van der Waals surface area contributed by atoms with Crippen LogP contribution in [0.15, 0.2) is 42.5 Å². The second kappa shape index (κ2) is 9.63. The van der Waals surface area contributed by atoms with E-state index in [9.17, 15) is 4.79 Å². The molecule has 2 aromatic carbocycles. The van der Waals surface area contributed by atoms with Crippen molar-refractivity contribution in [2.45, 2.75) is 51.5 Å². The lowest BCUT2D eigenvalue weighted by atomic mass is 9.95. The molecule has 1 saturated heterocycles. The van der Waals surface area contributed by atoms with Gasteiger partial charge in [-0.15, -0.1) is 0 Å². The highest BCUT2D eigenvalue weighted by Gasteiger charge is 2.26. The number of ether oxygens (including phenoxy) is 2. The molecule has 1 aliphatic rings. The van der Waals surface area contributed by atoms with Crippen LogP contribution < -0.4 is 9.47 Å². The smallest absolute Gasteiger partial charge is 0.227 e. The summed E-state index contributed by atoms with van der Waals surface area (Å²) in [6.45, 7) is 2.95. The molecule has 0 bridgehead atoms. The van der Waals surface area contributed by atoms with Crippen molar-refractivity contribution in [3.05, 3.63) is 59.2 Å². The Labute approximate surface area is 168 Å². The minimum atomic E-state index is 0.251. The van der Waals surface area contributed by atoms with Crippen molar-refractivity contribution in [3.63, 3.8) is 0 Å². The van der Waals surface area contributed by atoms with Gasteiger partial charge in [-0.05, 0) is 62.3 Å². The Balaban J connectivity index is 1.63. The number of carbonyl (C=O) groups is 1. The molecule has 0 spiro atoms. The van der Waals surface area contributed by atoms with Gasteiger partial charge in [0.1, 0.15) is 0 Å². The zero-order chi connectivity index (χ0) is 19.9. The van der Waals surface area contributed by atoms with Gasteiger partial charge in [0.15, 0.2) is 11.5 Å². The molecule has 1 atom stereocenters. The molecule has 28 heavy (non-hydrogen) atoms. The number of carbonyl (C=O) groups excluding carboxylic acids is 1. The van der Waals surface area contributed by atoms with Crippen molar-refractivity contribution in [2.24, 2.45) is 0 Å². The molecule has 1 heterocycles. The van der Waals surface area contributed by atoms with Gasteiger partial charge in [-0.3, -0.25) is 4.79 Å². The van der Waals surface area contributed by atoms with Gasteiger partial charge >= 0.3 is 0 Å². The Hall–Kier alpha value is -2.49. The molecule has 1 aliphatic heterocycles. The van der Waals surface area contributed by atoms with Crippen LogP contribution in [-0.2, 0) is 17.6 Å². The fourth-order valence-electron chi connectivity index (χ4n) is 3.98. The average Bonchev–Trinajstić information content (AvgIpc) is 2.73. The van der Waals surface area contributed by atoms with E-state index in [0.717, 1.165) is 49.3 Å². The van der Waals surface area contributed by atoms with E-state index < -0.39 is 0 Å². The summed E-state index contributed by atoms with van der Waals surface area (Å²) in [6, 6.07) is 14.7. The predicted octanol–water partition coefficient (Wildman–Crippen LogP) is 4.57. The number of piperidine rings is 1. The van der Waals surface area contributed by atoms with Crippen LogP contribution in [0, 0.1) is 6.92 Å². The van der Waals surface area contributed by atoms with Crippen LogP contribution >= 0.6 is 0 Å². The first kappa shape index (κ1) is 20.2. The molecule has 0 saturated carbocycles. The van der Waals surface area contributed by atoms with Crippen LogP contribution in [0.25, 0.3) is 0 Å². The Morgan fingerprint density at radius 2 is 1.71 bits per heavy atom. The molecule has 0 aromatic heterocycles. The predicted molar refractivity (Wildman–Crippen MR) is 112 cm³/mol. The summed E-state index contributed by atoms with van der Waals surface area (Å²) in [5.74, 6) is 1.76. The van der Waals surface area contributed by atoms with Gasteiger partial charge in [-0.25, -0.2) is 0 Å². The van der Waals surface area contributed by atoms with Crippen molar-refractivity contribution in [2.75, 3.05) is 20.8 Å². The highest BCUT2D eigenvalue weighted by molar-refractivity contribution is 5.79. The van der Waals surface area contributed by atoms with E-state index in [0.29, 0.717) is 12.5 Å². The highest BCUT2D eigenvalue weighted by atomic mass is 16.5. The summed E-state index contributed by atoms with van der Waals surface area (Å²) < 4.78 is 10.7. The summed E-state index contributed by atoms with van der Waals surface area (Å²) >= 11 is 0. The maximum atomic E-state index is 12.9. The first-order valence-electron chi connectivity index (χ1n) is 10.2. The summed E-state index contributed by atoms with van der Waals surface area (Å²) in [6.07, 6.45) is 5.80. The highest BCUT2D eigenvalue weighted by Crippen LogP contribution is 2.29. The Morgan fingerprint density at radius 1 is 1.00 bits per heavy atom. The van der Waals surface area contributed by atoms with E-state index >= 15 is 0 Å². The van der Waals surface area contributed by atoms with E-state index in [1.165, 1.54) is 17.5 Å². The fourth-order valence-corrected chi connectivity index (χ4v) is 3.98. The van der Waals surface area contributed by atoms with E-state index in [1.807, 2.05) is 12.1 Å². The molecule has 3 rings (SSSR count). The number of methoxy groups -OCH3 is 2. The topological polar surface area (TPSA) is 38.8 Å². The third-order valence-electron chi connectivity index (χ3n) is 5.64. The van der Waals surface area contributed by atoms with Crippen molar-refractivity contribution in [1.29, 1.82) is 0 Å². The average molecular weight is 382 g/mol. The second-order valence-electron chi connectivity index (χ2n) is 7.63. The van der Waals surface area contributed by atoms with Crippen molar-refractivity contribution >= 4 is 5.91 Å². The third-order valence-corrected chi connectivity index (χ3v) is 5.64. The number of likely N-dealkylation sites (tertiary alicyclic amines) is 1. The monoisotopic (exact) mass is 381 g/mol. The van der Waals surface area contributed by atoms with E-state index in [-0.39, 0.29) is 5.91 Å². The lowest BCUT2D eigenvalue weighted by Crippen LogP contribution is -2.44. The number of aryl methyl sites for hydroxylation is 2. The standard InChI is InChI=1S/C24H31NO3/c1-18-7-9-20(10-8-18)17-24(26)25-15-5-4-6-21(25)13-11-19-12-14-22(27-2)23(16-19)28-3/h7-10,12,14,16,21H,4-6,11,13,15,17H2,1-3H3. The van der Waals surface area contributed by atoms with Gasteiger partial charge in [0.2, 0.25) is 5.91 Å². The van der Waals surface area contributed by atoms with Crippen LogP contribution in [0.5, 0.6) is 11.5 Å². The van der Waals surface area contributed by atoms with Gasteiger partial charge in [0.05, 0.1) is 20.6 Å². The van der Waals surface area contributed by atoms with Crippen molar-refractivity contribution in [1.82, 2.24) is 4.90 Å². The number of nitrogens with zero attached hydrogens (tertiary/aromatic N) is 1. The van der Waals surface area contributed by atoms with Crippen LogP contribution in [0.2, 0.25) is 0 Å². The molecular weight excluding hydrogens is 350 g/mol. The van der Waals surface area contributed by atoms with Gasteiger partial charge < -0.3 is 14.4 Å². The molecule has 150 valence electrons. The number of hydrogen-bond donors (Lipinski definition) is 0. The molecule has 1 unspecified atom stereocenters. The number of amides is 1. The SMILES string of the molecule is COc1ccc(CCC2CCCCN2C(=O)Cc2ccc(C)cc2)cc1OC. The molecule has 4 nitrogen and oxygen atoms in total. The van der Waals surface area contributed by atoms with Crippen LogP contribution in [0.3, 0.4) is 0 Å². The Bertz CT molecular complexity index is 785. The number of benzene rings is 2. The maximum Gasteiger partial charge on any atom is 0.227 e. The summed E-state index contributed by atoms with van der Waals surface area (Å²) in [4.78, 5) is 15.1. The molecule has 0 N–H and O–H groups in total. The van der Waals surface area contributed by atoms with Crippen molar-refractivity contribution < 1.29 is 14.3 Å². The lowest BCUT2D eigenvalue weighted by Gasteiger charge is -2.36. The number of hydrogen-bond acceptors (Lipinski definition) is 3. The van der Waals surface area contributed by atoms with Gasteiger partial charge in [0.25, 0.3) is 0 Å². The molecule has 0 aliphatic carbocycles. The van der Waals surface area contributed by atoms with E-state index in [2.05, 4.69) is 42.2 Å². The Kier molecular flexibility index (Phi) is 6.96. The summed E-state index contributed by atoms with van der Waals surface area (Å²) in [5, 5.41) is 0. The minimum Gasteiger partial charge on any atom is -0.493 e. The minimum absolute atomic E-state index is 0.251. The fraction of sp³-hybridized carbons (Fsp3) is 0.458. The van der Waals surface area contributed by atoms with Gasteiger partial charge in [-0.1, -0.05) is 35.9 Å². The lowest BCUT2D eigenvalue weighted by molar-refractivity contribution is -0.134. The molecular formula is C24H31NO3. The molecule has 1 amide bonds. The molecule has 2 aromatic rings. The first-order chi connectivity index (χ1) is 13.6. The van der Waals surface area contributed by atoms with E-state index in [4.69, 9.17) is 9.47 Å². The van der Waals surface area contributed by atoms with Crippen LogP contribution in [-0.4, -0.2) is 37.6 Å². The molecule has 1 fully saturated rings. The van der Waals surface area contributed by atoms with Crippen LogP contribution in [0.1, 0.15) is 42.4 Å². The normalized spacial score (nSPS) is 16.7. The summed E-state index contributed by atoms with van der Waals surface area (Å²) in [5.41, 5.74) is 3.54. The quantitative estimate of drug-likeness (QED) is 0.705. The Morgan fingerprint density at radius 3 is 2.43 bits per heavy atom. The van der Waals surface area contributed by atoms with E-state index in [1.54, 1.807) is 14.2 Å². The second-order valence-corrected chi connectivity index (χ2v) is 7.63. The summed E-state index contributed by atoms with van der Waals surface area (Å²) in [7, 11) is 3.31. The third kappa shape index (κ3) is 5.06. The molecule has 0 radical (unpaired) electrons. The van der Waals surface area contributed by atoms with Crippen molar-refractivity contribution in [3.8, 4) is 11.5 Å². The zero-order valence-corrected chi connectivity index (χ0v) is 17.2. The number of rotatable bonds is 7. The maximum absolute atomic E-state index is 12.9. The molecule has 4 heteroatoms. The first-order valence-corrected chi connectivity index (χ1v) is 10.2. The zero-order valence-electron chi connectivity index (χ0n) is 17.2. The van der Waals surface area contributed by atoms with Gasteiger partial charge in [0, 0.05) is 12.6 Å².